The van der Waals surface area contributed by atoms with Crippen LogP contribution in [0.15, 0.2) is 0 Å². The fraction of sp³-hybridized carbons (Fsp3) is 1.00. The van der Waals surface area contributed by atoms with Crippen molar-refractivity contribution in [2.45, 2.75) is 52.2 Å². The van der Waals surface area contributed by atoms with E-state index in [4.69, 9.17) is 0 Å². The highest BCUT2D eigenvalue weighted by molar-refractivity contribution is 4.90. The molecule has 1 rings (SSSR count). The number of nitrogens with zero attached hydrogens (tertiary/aromatic N) is 1. The Labute approximate surface area is 81.9 Å². The van der Waals surface area contributed by atoms with Gasteiger partial charge in [-0.25, -0.2) is 0 Å². The predicted octanol–water partition coefficient (Wildman–Crippen LogP) is 1.88. The van der Waals surface area contributed by atoms with E-state index in [0.717, 1.165) is 19.5 Å². The summed E-state index contributed by atoms with van der Waals surface area (Å²) < 4.78 is 0. The number of likely N-dealkylation sites (tertiary alicyclic amines) is 1. The van der Waals surface area contributed by atoms with Crippen molar-refractivity contribution in [3.8, 4) is 0 Å². The summed E-state index contributed by atoms with van der Waals surface area (Å²) in [6, 6.07) is 0.370. The molecule has 1 aliphatic rings. The van der Waals surface area contributed by atoms with Gasteiger partial charge < -0.3 is 5.11 Å². The van der Waals surface area contributed by atoms with Crippen LogP contribution in [0, 0.1) is 5.92 Å². The van der Waals surface area contributed by atoms with Crippen molar-refractivity contribution in [3.63, 3.8) is 0 Å². The lowest BCUT2D eigenvalue weighted by Crippen LogP contribution is -2.46. The highest BCUT2D eigenvalue weighted by Crippen LogP contribution is 2.27. The molecular formula is C11H23NO. The maximum absolute atomic E-state index is 9.96. The molecule has 2 heteroatoms. The molecule has 0 aromatic heterocycles. The van der Waals surface area contributed by atoms with E-state index >= 15 is 0 Å². The van der Waals surface area contributed by atoms with Gasteiger partial charge in [0.25, 0.3) is 0 Å². The van der Waals surface area contributed by atoms with Gasteiger partial charge in [-0.15, -0.1) is 0 Å². The summed E-state index contributed by atoms with van der Waals surface area (Å²) in [5.41, 5.74) is -0.536. The van der Waals surface area contributed by atoms with Gasteiger partial charge in [-0.3, -0.25) is 4.90 Å². The molecule has 78 valence electrons. The van der Waals surface area contributed by atoms with E-state index in [-0.39, 0.29) is 0 Å². The third-order valence-electron chi connectivity index (χ3n) is 2.78. The van der Waals surface area contributed by atoms with Gasteiger partial charge in [0, 0.05) is 12.6 Å². The summed E-state index contributed by atoms with van der Waals surface area (Å²) in [6.07, 6.45) is 2.39. The van der Waals surface area contributed by atoms with Crippen molar-refractivity contribution in [2.24, 2.45) is 5.92 Å². The van der Waals surface area contributed by atoms with Crippen LogP contribution >= 0.6 is 0 Å². The topological polar surface area (TPSA) is 23.5 Å². The van der Waals surface area contributed by atoms with Gasteiger partial charge in [0.05, 0.1) is 5.60 Å². The fourth-order valence-electron chi connectivity index (χ4n) is 2.31. The molecule has 0 bridgehead atoms. The number of hydrogen-bond donors (Lipinski definition) is 1. The summed E-state index contributed by atoms with van der Waals surface area (Å²) in [5.74, 6) is 0.697. The van der Waals surface area contributed by atoms with Crippen molar-refractivity contribution in [2.75, 3.05) is 13.1 Å². The Morgan fingerprint density at radius 1 is 1.46 bits per heavy atom. The van der Waals surface area contributed by atoms with Crippen molar-refractivity contribution >= 4 is 0 Å². The third-order valence-corrected chi connectivity index (χ3v) is 2.78. The second kappa shape index (κ2) is 3.97. The van der Waals surface area contributed by atoms with E-state index < -0.39 is 5.60 Å². The molecule has 0 spiro atoms. The smallest absolute Gasteiger partial charge is 0.0746 e. The average molecular weight is 185 g/mol. The Kier molecular flexibility index (Phi) is 3.36. The van der Waals surface area contributed by atoms with Crippen molar-refractivity contribution in [1.82, 2.24) is 4.90 Å². The summed E-state index contributed by atoms with van der Waals surface area (Å²) in [6.45, 7) is 10.6. The highest BCUT2D eigenvalue weighted by Gasteiger charge is 2.35. The van der Waals surface area contributed by atoms with E-state index in [1.807, 2.05) is 13.8 Å². The molecule has 0 amide bonds. The summed E-state index contributed by atoms with van der Waals surface area (Å²) >= 11 is 0. The Morgan fingerprint density at radius 3 is 2.54 bits per heavy atom. The third kappa shape index (κ3) is 2.96. The molecule has 0 aromatic rings. The van der Waals surface area contributed by atoms with Crippen LogP contribution < -0.4 is 0 Å². The van der Waals surface area contributed by atoms with Gasteiger partial charge in [0.2, 0.25) is 0 Å². The first kappa shape index (κ1) is 11.0. The number of rotatable bonds is 3. The van der Waals surface area contributed by atoms with Crippen LogP contribution in [0.3, 0.4) is 0 Å². The van der Waals surface area contributed by atoms with Crippen LogP contribution in [0.1, 0.15) is 40.5 Å². The first-order chi connectivity index (χ1) is 5.91. The molecule has 1 atom stereocenters. The minimum Gasteiger partial charge on any atom is -0.389 e. The zero-order valence-corrected chi connectivity index (χ0v) is 9.38. The van der Waals surface area contributed by atoms with Crippen LogP contribution in [0.2, 0.25) is 0 Å². The summed E-state index contributed by atoms with van der Waals surface area (Å²) in [7, 11) is 0. The van der Waals surface area contributed by atoms with E-state index in [1.54, 1.807) is 0 Å². The second-order valence-corrected chi connectivity index (χ2v) is 5.20. The van der Waals surface area contributed by atoms with E-state index in [1.165, 1.54) is 6.42 Å². The molecule has 0 radical (unpaired) electrons. The molecule has 1 heterocycles. The SMILES string of the molecule is CC(C)CN1CCC[C@H]1C(C)(C)O. The zero-order chi connectivity index (χ0) is 10.1. The lowest BCUT2D eigenvalue weighted by atomic mass is 9.96. The van der Waals surface area contributed by atoms with Gasteiger partial charge in [-0.1, -0.05) is 13.8 Å². The van der Waals surface area contributed by atoms with E-state index in [2.05, 4.69) is 18.7 Å². The molecule has 0 unspecified atom stereocenters. The van der Waals surface area contributed by atoms with Gasteiger partial charge in [0.1, 0.15) is 0 Å². The minimum atomic E-state index is -0.536. The maximum Gasteiger partial charge on any atom is 0.0746 e. The highest BCUT2D eigenvalue weighted by atomic mass is 16.3. The van der Waals surface area contributed by atoms with Crippen LogP contribution in [0.25, 0.3) is 0 Å². The van der Waals surface area contributed by atoms with Crippen LogP contribution in [0.4, 0.5) is 0 Å². The molecule has 1 aliphatic heterocycles. The van der Waals surface area contributed by atoms with Gasteiger partial charge in [0.15, 0.2) is 0 Å². The van der Waals surface area contributed by atoms with Crippen LogP contribution in [-0.4, -0.2) is 34.7 Å². The minimum absolute atomic E-state index is 0.370. The largest absolute Gasteiger partial charge is 0.389 e. The average Bonchev–Trinajstić information content (AvgIpc) is 2.31. The normalized spacial score (nSPS) is 25.8. The summed E-state index contributed by atoms with van der Waals surface area (Å²) in [5, 5.41) is 9.96. The molecule has 2 nitrogen and oxygen atoms in total. The maximum atomic E-state index is 9.96. The quantitative estimate of drug-likeness (QED) is 0.725. The van der Waals surface area contributed by atoms with Crippen molar-refractivity contribution in [1.29, 1.82) is 0 Å². The fourth-order valence-corrected chi connectivity index (χ4v) is 2.31. The Balaban J connectivity index is 2.54. The van der Waals surface area contributed by atoms with E-state index in [9.17, 15) is 5.11 Å². The van der Waals surface area contributed by atoms with Crippen molar-refractivity contribution in [3.05, 3.63) is 0 Å². The van der Waals surface area contributed by atoms with Gasteiger partial charge in [-0.2, -0.15) is 0 Å². The van der Waals surface area contributed by atoms with Crippen LogP contribution in [-0.2, 0) is 0 Å². The van der Waals surface area contributed by atoms with Gasteiger partial charge in [-0.05, 0) is 39.2 Å². The van der Waals surface area contributed by atoms with Gasteiger partial charge >= 0.3 is 0 Å². The predicted molar refractivity (Wildman–Crippen MR) is 55.7 cm³/mol. The Hall–Kier alpha value is -0.0800. The molecule has 13 heavy (non-hydrogen) atoms. The van der Waals surface area contributed by atoms with Crippen LogP contribution in [0.5, 0.6) is 0 Å². The molecule has 0 aromatic carbocycles. The summed E-state index contributed by atoms with van der Waals surface area (Å²) in [4.78, 5) is 2.44. The standard InChI is InChI=1S/C11H23NO/c1-9(2)8-12-7-5-6-10(12)11(3,4)13/h9-10,13H,5-8H2,1-4H3/t10-/m0/s1. The lowest BCUT2D eigenvalue weighted by Gasteiger charge is -2.34. The van der Waals surface area contributed by atoms with Crippen molar-refractivity contribution < 1.29 is 5.11 Å². The molecule has 1 saturated heterocycles. The zero-order valence-electron chi connectivity index (χ0n) is 9.38. The lowest BCUT2D eigenvalue weighted by molar-refractivity contribution is -0.00552. The number of aliphatic hydroxyl groups is 1. The van der Waals surface area contributed by atoms with E-state index in [0.29, 0.717) is 12.0 Å². The molecule has 0 saturated carbocycles. The molecule has 1 fully saturated rings. The number of hydrogen-bond acceptors (Lipinski definition) is 2. The molecule has 1 N–H and O–H groups in total. The molecular weight excluding hydrogens is 162 g/mol. The second-order valence-electron chi connectivity index (χ2n) is 5.20. The monoisotopic (exact) mass is 185 g/mol. The first-order valence-corrected chi connectivity index (χ1v) is 5.37. The molecule has 0 aliphatic carbocycles. The Bertz CT molecular complexity index is 160. The Morgan fingerprint density at radius 2 is 2.08 bits per heavy atom. The first-order valence-electron chi connectivity index (χ1n) is 5.37.